The zero-order valence-electron chi connectivity index (χ0n) is 12.7. The number of hydrogen-bond donors (Lipinski definition) is 0. The van der Waals surface area contributed by atoms with Gasteiger partial charge in [0.2, 0.25) is 0 Å². The van der Waals surface area contributed by atoms with Crippen molar-refractivity contribution in [3.8, 4) is 5.75 Å². The largest absolute Gasteiger partial charge is 0.493 e. The lowest BCUT2D eigenvalue weighted by molar-refractivity contribution is 0.231. The normalized spacial score (nSPS) is 12.7. The standard InChI is InChI=1S/C17H27BrO/c1-5-7-8-14(6-2)12-19-17-10-9-15(18)11-16(17)13(3)4/h9-11,13-14H,5-8,12H2,1-4H3. The molecule has 19 heavy (non-hydrogen) atoms. The number of ether oxygens (including phenoxy) is 1. The van der Waals surface area contributed by atoms with Crippen LogP contribution in [0.25, 0.3) is 0 Å². The Kier molecular flexibility index (Phi) is 7.52. The Bertz CT molecular complexity index is 374. The molecule has 0 saturated carbocycles. The van der Waals surface area contributed by atoms with Gasteiger partial charge < -0.3 is 4.74 Å². The Hall–Kier alpha value is -0.500. The van der Waals surface area contributed by atoms with Crippen molar-refractivity contribution in [3.05, 3.63) is 28.2 Å². The average molecular weight is 327 g/mol. The van der Waals surface area contributed by atoms with Crippen molar-refractivity contribution in [2.45, 2.75) is 59.3 Å². The fourth-order valence-electron chi connectivity index (χ4n) is 2.21. The summed E-state index contributed by atoms with van der Waals surface area (Å²) >= 11 is 3.54. The van der Waals surface area contributed by atoms with E-state index >= 15 is 0 Å². The van der Waals surface area contributed by atoms with E-state index in [0.29, 0.717) is 11.8 Å². The van der Waals surface area contributed by atoms with E-state index < -0.39 is 0 Å². The monoisotopic (exact) mass is 326 g/mol. The van der Waals surface area contributed by atoms with E-state index in [-0.39, 0.29) is 0 Å². The van der Waals surface area contributed by atoms with Gasteiger partial charge in [0, 0.05) is 4.47 Å². The highest BCUT2D eigenvalue weighted by Crippen LogP contribution is 2.30. The molecule has 0 radical (unpaired) electrons. The van der Waals surface area contributed by atoms with E-state index in [1.165, 1.54) is 31.2 Å². The Morgan fingerprint density at radius 2 is 1.95 bits per heavy atom. The molecule has 0 spiro atoms. The number of benzene rings is 1. The van der Waals surface area contributed by atoms with Gasteiger partial charge >= 0.3 is 0 Å². The van der Waals surface area contributed by atoms with Gasteiger partial charge in [-0.3, -0.25) is 0 Å². The van der Waals surface area contributed by atoms with Crippen LogP contribution in [0.15, 0.2) is 22.7 Å². The minimum atomic E-state index is 0.489. The molecule has 1 atom stereocenters. The van der Waals surface area contributed by atoms with E-state index in [0.717, 1.165) is 16.8 Å². The molecule has 0 N–H and O–H groups in total. The Labute approximate surface area is 126 Å². The summed E-state index contributed by atoms with van der Waals surface area (Å²) in [6.45, 7) is 9.78. The van der Waals surface area contributed by atoms with Gasteiger partial charge in [0.05, 0.1) is 6.61 Å². The molecule has 0 bridgehead atoms. The highest BCUT2D eigenvalue weighted by molar-refractivity contribution is 9.10. The molecule has 0 aromatic heterocycles. The first kappa shape index (κ1) is 16.6. The second-order valence-electron chi connectivity index (χ2n) is 5.56. The molecule has 0 saturated heterocycles. The highest BCUT2D eigenvalue weighted by Gasteiger charge is 2.11. The van der Waals surface area contributed by atoms with Crippen LogP contribution in [-0.2, 0) is 0 Å². The summed E-state index contributed by atoms with van der Waals surface area (Å²) in [4.78, 5) is 0. The average Bonchev–Trinajstić information content (AvgIpc) is 2.40. The van der Waals surface area contributed by atoms with Crippen LogP contribution >= 0.6 is 15.9 Å². The molecule has 0 aliphatic rings. The maximum Gasteiger partial charge on any atom is 0.122 e. The van der Waals surface area contributed by atoms with Crippen LogP contribution < -0.4 is 4.74 Å². The molecule has 0 fully saturated rings. The minimum Gasteiger partial charge on any atom is -0.493 e. The Morgan fingerprint density at radius 1 is 1.21 bits per heavy atom. The summed E-state index contributed by atoms with van der Waals surface area (Å²) in [5, 5.41) is 0. The van der Waals surface area contributed by atoms with Crippen LogP contribution in [0.4, 0.5) is 0 Å². The Balaban J connectivity index is 2.65. The topological polar surface area (TPSA) is 9.23 Å². The van der Waals surface area contributed by atoms with E-state index in [9.17, 15) is 0 Å². The smallest absolute Gasteiger partial charge is 0.122 e. The zero-order chi connectivity index (χ0) is 14.3. The first-order valence-electron chi connectivity index (χ1n) is 7.50. The molecule has 0 heterocycles. The first-order chi connectivity index (χ1) is 9.08. The van der Waals surface area contributed by atoms with Gasteiger partial charge in [-0.2, -0.15) is 0 Å². The fourth-order valence-corrected chi connectivity index (χ4v) is 2.59. The van der Waals surface area contributed by atoms with E-state index in [2.05, 4.69) is 61.8 Å². The lowest BCUT2D eigenvalue weighted by Gasteiger charge is -2.19. The van der Waals surface area contributed by atoms with Crippen LogP contribution in [-0.4, -0.2) is 6.61 Å². The number of halogens is 1. The van der Waals surface area contributed by atoms with Crippen LogP contribution in [0.2, 0.25) is 0 Å². The van der Waals surface area contributed by atoms with Gasteiger partial charge in [-0.25, -0.2) is 0 Å². The summed E-state index contributed by atoms with van der Waals surface area (Å²) in [6, 6.07) is 6.33. The molecule has 1 aromatic rings. The third-order valence-electron chi connectivity index (χ3n) is 3.61. The van der Waals surface area contributed by atoms with Gasteiger partial charge in [0.25, 0.3) is 0 Å². The molecule has 0 aliphatic heterocycles. The van der Waals surface area contributed by atoms with Gasteiger partial charge in [0.15, 0.2) is 0 Å². The number of unbranched alkanes of at least 4 members (excludes halogenated alkanes) is 1. The van der Waals surface area contributed by atoms with Crippen LogP contribution in [0, 0.1) is 5.92 Å². The van der Waals surface area contributed by atoms with Crippen LogP contribution in [0.1, 0.15) is 64.9 Å². The molecule has 1 unspecified atom stereocenters. The lowest BCUT2D eigenvalue weighted by Crippen LogP contribution is -2.12. The predicted octanol–water partition coefficient (Wildman–Crippen LogP) is 6.17. The maximum atomic E-state index is 6.08. The van der Waals surface area contributed by atoms with E-state index in [4.69, 9.17) is 4.74 Å². The zero-order valence-corrected chi connectivity index (χ0v) is 14.3. The van der Waals surface area contributed by atoms with Gasteiger partial charge in [-0.05, 0) is 42.0 Å². The lowest BCUT2D eigenvalue weighted by atomic mass is 10.00. The summed E-state index contributed by atoms with van der Waals surface area (Å²) in [5.74, 6) is 2.22. The number of hydrogen-bond acceptors (Lipinski definition) is 1. The molecular formula is C17H27BrO. The quantitative estimate of drug-likeness (QED) is 0.555. The molecule has 1 nitrogen and oxygen atoms in total. The van der Waals surface area contributed by atoms with Crippen molar-refractivity contribution in [3.63, 3.8) is 0 Å². The van der Waals surface area contributed by atoms with Crippen LogP contribution in [0.5, 0.6) is 5.75 Å². The molecule has 0 aliphatic carbocycles. The van der Waals surface area contributed by atoms with E-state index in [1.807, 2.05) is 0 Å². The molecular weight excluding hydrogens is 300 g/mol. The maximum absolute atomic E-state index is 6.08. The SMILES string of the molecule is CCCCC(CC)COc1ccc(Br)cc1C(C)C. The van der Waals surface area contributed by atoms with Gasteiger partial charge in [0.1, 0.15) is 5.75 Å². The van der Waals surface area contributed by atoms with Crippen molar-refractivity contribution >= 4 is 15.9 Å². The highest BCUT2D eigenvalue weighted by atomic mass is 79.9. The van der Waals surface area contributed by atoms with Crippen molar-refractivity contribution in [1.82, 2.24) is 0 Å². The molecule has 108 valence electrons. The van der Waals surface area contributed by atoms with Gasteiger partial charge in [-0.1, -0.05) is 62.9 Å². The van der Waals surface area contributed by atoms with Gasteiger partial charge in [-0.15, -0.1) is 0 Å². The summed E-state index contributed by atoms with van der Waals surface area (Å²) in [6.07, 6.45) is 5.05. The fraction of sp³-hybridized carbons (Fsp3) is 0.647. The third kappa shape index (κ3) is 5.56. The predicted molar refractivity (Wildman–Crippen MR) is 87.0 cm³/mol. The molecule has 0 amide bonds. The summed E-state index contributed by atoms with van der Waals surface area (Å²) in [5.41, 5.74) is 1.29. The third-order valence-corrected chi connectivity index (χ3v) is 4.10. The van der Waals surface area contributed by atoms with E-state index in [1.54, 1.807) is 0 Å². The van der Waals surface area contributed by atoms with Crippen molar-refractivity contribution in [1.29, 1.82) is 0 Å². The first-order valence-corrected chi connectivity index (χ1v) is 8.30. The van der Waals surface area contributed by atoms with Crippen molar-refractivity contribution in [2.24, 2.45) is 5.92 Å². The second-order valence-corrected chi connectivity index (χ2v) is 6.48. The Morgan fingerprint density at radius 3 is 2.53 bits per heavy atom. The minimum absolute atomic E-state index is 0.489. The van der Waals surface area contributed by atoms with Crippen molar-refractivity contribution in [2.75, 3.05) is 6.61 Å². The summed E-state index contributed by atoms with van der Waals surface area (Å²) in [7, 11) is 0. The second kappa shape index (κ2) is 8.63. The molecule has 1 rings (SSSR count). The van der Waals surface area contributed by atoms with Crippen molar-refractivity contribution < 1.29 is 4.74 Å². The molecule has 2 heteroatoms. The number of rotatable bonds is 8. The summed E-state index contributed by atoms with van der Waals surface area (Å²) < 4.78 is 7.21. The molecule has 1 aromatic carbocycles. The van der Waals surface area contributed by atoms with Crippen LogP contribution in [0.3, 0.4) is 0 Å².